The molecule has 2 aliphatic heterocycles. The van der Waals surface area contributed by atoms with Gasteiger partial charge in [0.05, 0.1) is 6.26 Å². The fraction of sp³-hybridized carbons (Fsp3) is 0.800. The highest BCUT2D eigenvalue weighted by Crippen LogP contribution is 2.78. The lowest BCUT2D eigenvalue weighted by Gasteiger charge is -2.61. The Balaban J connectivity index is 1.19. The topological polar surface area (TPSA) is 84.3 Å². The van der Waals surface area contributed by atoms with Crippen molar-refractivity contribution in [2.75, 3.05) is 26.2 Å². The Morgan fingerprint density at radius 3 is 2.62 bits per heavy atom. The zero-order valence-electron chi connectivity index (χ0n) is 22.5. The van der Waals surface area contributed by atoms with Crippen molar-refractivity contribution in [1.82, 2.24) is 10.2 Å². The fourth-order valence-electron chi connectivity index (χ4n) is 10.5. The molecule has 1 aromatic rings. The smallest absolute Gasteiger partial charge is 0.335 e. The Morgan fingerprint density at radius 1 is 1.08 bits per heavy atom. The Bertz CT molecular complexity index is 1110. The molecule has 1 aromatic heterocycles. The minimum Gasteiger partial charge on any atom is -0.459 e. The molecule has 0 bridgehead atoms. The van der Waals surface area contributed by atoms with Gasteiger partial charge in [0.15, 0.2) is 0 Å². The van der Waals surface area contributed by atoms with Crippen molar-refractivity contribution in [2.45, 2.75) is 95.5 Å². The Hall–Kier alpha value is -1.70. The molecule has 0 aromatic carbocycles. The van der Waals surface area contributed by atoms with Crippen LogP contribution in [0, 0.1) is 28.6 Å². The molecule has 1 spiro atoms. The number of fused-ring (bicyclic) bond motifs is 3. The number of carbonyl (C=O) groups is 1. The van der Waals surface area contributed by atoms with Crippen LogP contribution in [0.5, 0.6) is 0 Å². The summed E-state index contributed by atoms with van der Waals surface area (Å²) in [4.78, 5) is 26.7. The number of carbonyl (C=O) groups excluding carboxylic acids is 1. The van der Waals surface area contributed by atoms with Gasteiger partial charge < -0.3 is 19.2 Å². The standard InChI is InChI=1S/C30H42N2O5/c1-18(33)36-26-25(19-4-7-24(34)35-17-19)29(3)11-9-22-23(30(29)27(26)37-30)6-5-20-16-21(8-10-28(20,22)2)32-14-12-31-13-15-32/h4,7,17,20-23,25-27,31H,5-6,8-16H2,1-3H3/t20-,21?,22+,23-,25+,26-,27-,28+,29-,30-/m1/s1. The molecule has 3 heterocycles. The maximum Gasteiger partial charge on any atom is 0.335 e. The average Bonchev–Trinajstić information content (AvgIpc) is 3.59. The van der Waals surface area contributed by atoms with Gasteiger partial charge in [-0.3, -0.25) is 9.69 Å². The van der Waals surface area contributed by atoms with Crippen molar-refractivity contribution in [3.63, 3.8) is 0 Å². The number of hydrogen-bond acceptors (Lipinski definition) is 7. The molecular formula is C30H42N2O5. The summed E-state index contributed by atoms with van der Waals surface area (Å²) in [6, 6.07) is 4.11. The summed E-state index contributed by atoms with van der Waals surface area (Å²) in [5.74, 6) is 1.64. The van der Waals surface area contributed by atoms with E-state index in [2.05, 4.69) is 24.1 Å². The van der Waals surface area contributed by atoms with E-state index in [9.17, 15) is 9.59 Å². The first-order valence-electron chi connectivity index (χ1n) is 14.7. The molecule has 7 nitrogen and oxygen atoms in total. The Kier molecular flexibility index (Phi) is 5.53. The molecule has 4 saturated carbocycles. The minimum atomic E-state index is -0.349. The second-order valence-electron chi connectivity index (χ2n) is 13.4. The van der Waals surface area contributed by atoms with E-state index < -0.39 is 0 Å². The number of epoxide rings is 1. The molecule has 6 fully saturated rings. The summed E-state index contributed by atoms with van der Waals surface area (Å²) in [5, 5.41) is 3.51. The Morgan fingerprint density at radius 2 is 1.89 bits per heavy atom. The monoisotopic (exact) mass is 510 g/mol. The van der Waals surface area contributed by atoms with E-state index >= 15 is 0 Å². The van der Waals surface area contributed by atoms with E-state index in [0.29, 0.717) is 17.3 Å². The zero-order valence-corrected chi connectivity index (χ0v) is 22.5. The van der Waals surface area contributed by atoms with Crippen LogP contribution in [-0.2, 0) is 14.3 Å². The summed E-state index contributed by atoms with van der Waals surface area (Å²) in [5.41, 5.74) is 0.561. The van der Waals surface area contributed by atoms with Crippen LogP contribution in [0.25, 0.3) is 0 Å². The summed E-state index contributed by atoms with van der Waals surface area (Å²) >= 11 is 0. The van der Waals surface area contributed by atoms with Crippen LogP contribution in [0.2, 0.25) is 0 Å². The quantitative estimate of drug-likeness (QED) is 0.490. The molecule has 7 rings (SSSR count). The SMILES string of the molecule is CC(=O)O[C@H]1[C@H]2O[C@]23[C@@H]2CC[C@@H]4CC(N5CCNCC5)CC[C@]4(C)[C@H]2CC[C@]3(C)[C@H]1c1ccc(=O)oc1. The van der Waals surface area contributed by atoms with E-state index in [1.165, 1.54) is 64.6 Å². The van der Waals surface area contributed by atoms with E-state index in [1.54, 1.807) is 6.26 Å². The first-order chi connectivity index (χ1) is 17.8. The van der Waals surface area contributed by atoms with Crippen LogP contribution < -0.4 is 10.9 Å². The first-order valence-corrected chi connectivity index (χ1v) is 14.7. The van der Waals surface area contributed by atoms with E-state index in [1.807, 2.05) is 6.07 Å². The first kappa shape index (κ1) is 24.3. The van der Waals surface area contributed by atoms with Gasteiger partial charge in [0.25, 0.3) is 0 Å². The van der Waals surface area contributed by atoms with Crippen LogP contribution in [0.1, 0.15) is 77.2 Å². The predicted octanol–water partition coefficient (Wildman–Crippen LogP) is 3.71. The highest BCUT2D eigenvalue weighted by atomic mass is 16.7. The van der Waals surface area contributed by atoms with Gasteiger partial charge >= 0.3 is 11.6 Å². The molecule has 1 unspecified atom stereocenters. The number of ether oxygens (including phenoxy) is 2. The van der Waals surface area contributed by atoms with Crippen molar-refractivity contribution in [3.05, 3.63) is 34.4 Å². The normalized spacial score (nSPS) is 48.8. The van der Waals surface area contributed by atoms with Gasteiger partial charge in [-0.2, -0.15) is 0 Å². The zero-order chi connectivity index (χ0) is 25.6. The number of nitrogens with zero attached hydrogens (tertiary/aromatic N) is 1. The summed E-state index contributed by atoms with van der Waals surface area (Å²) in [7, 11) is 0. The van der Waals surface area contributed by atoms with Crippen molar-refractivity contribution in [3.8, 4) is 0 Å². The number of rotatable bonds is 3. The van der Waals surface area contributed by atoms with Crippen molar-refractivity contribution in [2.24, 2.45) is 28.6 Å². The van der Waals surface area contributed by atoms with Gasteiger partial charge in [0.1, 0.15) is 17.8 Å². The van der Waals surface area contributed by atoms with E-state index in [4.69, 9.17) is 13.9 Å². The van der Waals surface area contributed by atoms with E-state index in [-0.39, 0.29) is 40.7 Å². The number of esters is 1. The highest BCUT2D eigenvalue weighted by Gasteiger charge is 2.84. The molecular weight excluding hydrogens is 468 g/mol. The summed E-state index contributed by atoms with van der Waals surface area (Å²) in [6.45, 7) is 11.1. The molecule has 202 valence electrons. The lowest BCUT2D eigenvalue weighted by Crippen LogP contribution is -2.59. The maximum absolute atomic E-state index is 12.2. The van der Waals surface area contributed by atoms with E-state index in [0.717, 1.165) is 37.0 Å². The summed E-state index contributed by atoms with van der Waals surface area (Å²) < 4.78 is 18.1. The minimum absolute atomic E-state index is 0.0190. The molecule has 6 aliphatic rings. The Labute approximate surface area is 219 Å². The number of piperazine rings is 1. The van der Waals surface area contributed by atoms with Crippen LogP contribution in [0.4, 0.5) is 0 Å². The van der Waals surface area contributed by atoms with Gasteiger partial charge in [0.2, 0.25) is 0 Å². The molecule has 7 heteroatoms. The largest absolute Gasteiger partial charge is 0.459 e. The number of hydrogen-bond donors (Lipinski definition) is 1. The third kappa shape index (κ3) is 3.35. The van der Waals surface area contributed by atoms with Gasteiger partial charge in [-0.1, -0.05) is 13.8 Å². The number of nitrogens with one attached hydrogen (secondary N) is 1. The van der Waals surface area contributed by atoms with Crippen LogP contribution in [0.3, 0.4) is 0 Å². The van der Waals surface area contributed by atoms with Crippen LogP contribution in [0.15, 0.2) is 27.6 Å². The molecule has 1 N–H and O–H groups in total. The molecule has 0 radical (unpaired) electrons. The van der Waals surface area contributed by atoms with Gasteiger partial charge in [-0.15, -0.1) is 0 Å². The highest BCUT2D eigenvalue weighted by molar-refractivity contribution is 5.66. The third-order valence-electron chi connectivity index (χ3n) is 12.1. The predicted molar refractivity (Wildman–Crippen MR) is 138 cm³/mol. The summed E-state index contributed by atoms with van der Waals surface area (Å²) in [6.07, 6.45) is 9.89. The van der Waals surface area contributed by atoms with Gasteiger partial charge in [-0.25, -0.2) is 4.79 Å². The van der Waals surface area contributed by atoms with Crippen LogP contribution >= 0.6 is 0 Å². The molecule has 0 amide bonds. The molecule has 2 saturated heterocycles. The molecule has 37 heavy (non-hydrogen) atoms. The second kappa shape index (κ2) is 8.40. The lowest BCUT2D eigenvalue weighted by atomic mass is 9.44. The molecule has 4 aliphatic carbocycles. The maximum atomic E-state index is 12.2. The van der Waals surface area contributed by atoms with Crippen LogP contribution in [-0.4, -0.2) is 60.9 Å². The fourth-order valence-corrected chi connectivity index (χ4v) is 10.5. The van der Waals surface area contributed by atoms with Gasteiger partial charge in [-0.05, 0) is 79.7 Å². The second-order valence-corrected chi connectivity index (χ2v) is 13.4. The average molecular weight is 511 g/mol. The molecule has 10 atom stereocenters. The van der Waals surface area contributed by atoms with Crippen molar-refractivity contribution >= 4 is 5.97 Å². The van der Waals surface area contributed by atoms with Crippen molar-refractivity contribution in [1.29, 1.82) is 0 Å². The van der Waals surface area contributed by atoms with Gasteiger partial charge in [0, 0.05) is 56.5 Å². The third-order valence-corrected chi connectivity index (χ3v) is 12.1. The lowest BCUT2D eigenvalue weighted by molar-refractivity contribution is -0.157. The van der Waals surface area contributed by atoms with Crippen molar-refractivity contribution < 1.29 is 18.7 Å².